The minimum absolute atomic E-state index is 0.0360. The third-order valence-electron chi connectivity index (χ3n) is 2.44. The molecule has 0 aliphatic heterocycles. The predicted octanol–water partition coefficient (Wildman–Crippen LogP) is 2.69. The fourth-order valence-corrected chi connectivity index (χ4v) is 1.20. The van der Waals surface area contributed by atoms with Crippen molar-refractivity contribution in [3.05, 3.63) is 41.5 Å². The van der Waals surface area contributed by atoms with Crippen LogP contribution < -0.4 is 0 Å². The summed E-state index contributed by atoms with van der Waals surface area (Å²) in [5.74, 6) is -0.171. The van der Waals surface area contributed by atoms with Gasteiger partial charge in [0.15, 0.2) is 5.78 Å². The summed E-state index contributed by atoms with van der Waals surface area (Å²) >= 11 is 0. The molecule has 0 heterocycles. The fourth-order valence-electron chi connectivity index (χ4n) is 1.20. The lowest BCUT2D eigenvalue weighted by Crippen LogP contribution is -2.17. The van der Waals surface area contributed by atoms with Crippen molar-refractivity contribution in [2.75, 3.05) is 0 Å². The number of benzene rings is 1. The van der Waals surface area contributed by atoms with Gasteiger partial charge in [-0.3, -0.25) is 4.79 Å². The molecule has 0 saturated carbocycles. The Morgan fingerprint density at radius 1 is 1.24 bits per heavy atom. The Bertz CT molecular complexity index is 422. The molecule has 1 aromatic carbocycles. The smallest absolute Gasteiger partial charge is 0.164 e. The van der Waals surface area contributed by atoms with Gasteiger partial charge in [-0.2, -0.15) is 0 Å². The van der Waals surface area contributed by atoms with Crippen LogP contribution in [-0.2, 0) is 11.4 Å². The number of hydrogen-bond acceptors (Lipinski definition) is 3. The molecule has 0 unspecified atom stereocenters. The quantitative estimate of drug-likeness (QED) is 0.624. The van der Waals surface area contributed by atoms with Gasteiger partial charge in [-0.1, -0.05) is 45.0 Å². The maximum absolute atomic E-state index is 11.7. The molecule has 3 nitrogen and oxygen atoms in total. The summed E-state index contributed by atoms with van der Waals surface area (Å²) in [5, 5.41) is 18.7. The van der Waals surface area contributed by atoms with Gasteiger partial charge in [0, 0.05) is 17.1 Å². The highest BCUT2D eigenvalue weighted by molar-refractivity contribution is 5.98. The van der Waals surface area contributed by atoms with Gasteiger partial charge < -0.3 is 10.2 Å². The topological polar surface area (TPSA) is 57.5 Å². The first kappa shape index (κ1) is 13.5. The van der Waals surface area contributed by atoms with Crippen molar-refractivity contribution >= 4 is 11.5 Å². The highest BCUT2D eigenvalue weighted by Crippen LogP contribution is 2.19. The molecular weight excluding hydrogens is 216 g/mol. The van der Waals surface area contributed by atoms with Crippen molar-refractivity contribution in [2.24, 2.45) is 5.41 Å². The second kappa shape index (κ2) is 5.15. The van der Waals surface area contributed by atoms with Gasteiger partial charge in [0.05, 0.1) is 6.61 Å². The average molecular weight is 234 g/mol. The molecule has 17 heavy (non-hydrogen) atoms. The van der Waals surface area contributed by atoms with Crippen LogP contribution in [0.3, 0.4) is 0 Å². The average Bonchev–Trinajstić information content (AvgIpc) is 2.27. The predicted molar refractivity (Wildman–Crippen MR) is 67.4 cm³/mol. The van der Waals surface area contributed by atoms with Gasteiger partial charge in [0.25, 0.3) is 0 Å². The van der Waals surface area contributed by atoms with Crippen molar-refractivity contribution in [2.45, 2.75) is 27.4 Å². The number of aliphatic hydroxyl groups excluding tert-OH is 2. The summed E-state index contributed by atoms with van der Waals surface area (Å²) in [4.78, 5) is 11.7. The monoisotopic (exact) mass is 234 g/mol. The van der Waals surface area contributed by atoms with Crippen molar-refractivity contribution in [3.63, 3.8) is 0 Å². The maximum Gasteiger partial charge on any atom is 0.164 e. The minimum atomic E-state index is -0.501. The zero-order valence-corrected chi connectivity index (χ0v) is 10.4. The maximum atomic E-state index is 11.7. The van der Waals surface area contributed by atoms with E-state index >= 15 is 0 Å². The molecule has 0 radical (unpaired) electrons. The van der Waals surface area contributed by atoms with E-state index in [4.69, 9.17) is 5.11 Å². The van der Waals surface area contributed by atoms with Gasteiger partial charge in [0.2, 0.25) is 0 Å². The molecule has 0 bridgehead atoms. The minimum Gasteiger partial charge on any atom is -0.507 e. The summed E-state index contributed by atoms with van der Waals surface area (Å²) in [7, 11) is 0. The zero-order chi connectivity index (χ0) is 13.1. The number of aliphatic hydroxyl groups is 2. The van der Waals surface area contributed by atoms with E-state index in [1.54, 1.807) is 45.0 Å². The van der Waals surface area contributed by atoms with Gasteiger partial charge in [-0.15, -0.1) is 0 Å². The molecule has 0 aliphatic carbocycles. The number of carbonyl (C=O) groups is 1. The van der Waals surface area contributed by atoms with Crippen LogP contribution in [0.15, 0.2) is 30.3 Å². The van der Waals surface area contributed by atoms with E-state index in [1.165, 1.54) is 6.08 Å². The van der Waals surface area contributed by atoms with Crippen LogP contribution in [0.25, 0.3) is 5.76 Å². The lowest BCUT2D eigenvalue weighted by Gasteiger charge is -2.13. The van der Waals surface area contributed by atoms with E-state index in [1.807, 2.05) is 0 Å². The van der Waals surface area contributed by atoms with Crippen LogP contribution in [0.5, 0.6) is 0 Å². The molecule has 3 heteroatoms. The van der Waals surface area contributed by atoms with Gasteiger partial charge in [-0.25, -0.2) is 0 Å². The van der Waals surface area contributed by atoms with E-state index in [0.717, 1.165) is 5.56 Å². The summed E-state index contributed by atoms with van der Waals surface area (Å²) in [6.07, 6.45) is 1.24. The second-order valence-electron chi connectivity index (χ2n) is 5.00. The Morgan fingerprint density at radius 3 is 2.18 bits per heavy atom. The molecule has 0 amide bonds. The van der Waals surface area contributed by atoms with Crippen LogP contribution >= 0.6 is 0 Å². The van der Waals surface area contributed by atoms with Gasteiger partial charge in [0.1, 0.15) is 5.76 Å². The number of hydrogen-bond donors (Lipinski definition) is 2. The largest absolute Gasteiger partial charge is 0.507 e. The molecule has 0 aliphatic rings. The molecule has 1 rings (SSSR count). The van der Waals surface area contributed by atoms with Crippen LogP contribution in [0.1, 0.15) is 31.9 Å². The number of allylic oxidation sites excluding steroid dienone is 1. The first-order valence-corrected chi connectivity index (χ1v) is 5.50. The Labute approximate surface area is 101 Å². The van der Waals surface area contributed by atoms with Crippen LogP contribution in [0.2, 0.25) is 0 Å². The van der Waals surface area contributed by atoms with Crippen molar-refractivity contribution in [3.8, 4) is 0 Å². The zero-order valence-electron chi connectivity index (χ0n) is 10.4. The number of rotatable bonds is 3. The third-order valence-corrected chi connectivity index (χ3v) is 2.44. The second-order valence-corrected chi connectivity index (χ2v) is 5.00. The molecule has 0 fully saturated rings. The fraction of sp³-hybridized carbons (Fsp3) is 0.357. The van der Waals surface area contributed by atoms with E-state index < -0.39 is 5.41 Å². The van der Waals surface area contributed by atoms with Crippen LogP contribution in [0.4, 0.5) is 0 Å². The molecular formula is C14H18O3. The molecule has 0 aromatic heterocycles. The summed E-state index contributed by atoms with van der Waals surface area (Å²) in [6.45, 7) is 5.36. The molecule has 1 aromatic rings. The Kier molecular flexibility index (Phi) is 4.07. The molecule has 92 valence electrons. The standard InChI is InChI=1S/C14H18O3/c1-14(2,3)13(17)8-12(16)11-6-4-10(9-15)5-7-11/h4-8,15-16H,9H2,1-3H3/b12-8-. The van der Waals surface area contributed by atoms with Crippen molar-refractivity contribution in [1.82, 2.24) is 0 Å². The van der Waals surface area contributed by atoms with Gasteiger partial charge in [-0.05, 0) is 5.56 Å². The summed E-state index contributed by atoms with van der Waals surface area (Å²) in [6, 6.07) is 6.77. The first-order valence-electron chi connectivity index (χ1n) is 5.50. The van der Waals surface area contributed by atoms with Crippen LogP contribution in [-0.4, -0.2) is 16.0 Å². The van der Waals surface area contributed by atoms with E-state index in [0.29, 0.717) is 5.56 Å². The van der Waals surface area contributed by atoms with E-state index in [2.05, 4.69) is 0 Å². The lowest BCUT2D eigenvalue weighted by molar-refractivity contribution is -0.121. The summed E-state index contributed by atoms with van der Waals surface area (Å²) < 4.78 is 0. The Morgan fingerprint density at radius 2 is 1.76 bits per heavy atom. The van der Waals surface area contributed by atoms with Gasteiger partial charge >= 0.3 is 0 Å². The van der Waals surface area contributed by atoms with Crippen molar-refractivity contribution in [1.29, 1.82) is 0 Å². The lowest BCUT2D eigenvalue weighted by atomic mass is 9.90. The highest BCUT2D eigenvalue weighted by atomic mass is 16.3. The normalized spacial score (nSPS) is 12.6. The Hall–Kier alpha value is -1.61. The number of ketones is 1. The Balaban J connectivity index is 2.92. The molecule has 0 saturated heterocycles. The molecule has 0 atom stereocenters. The molecule has 2 N–H and O–H groups in total. The summed E-state index contributed by atoms with van der Waals surface area (Å²) in [5.41, 5.74) is 0.836. The first-order chi connectivity index (χ1) is 7.84. The van der Waals surface area contributed by atoms with Crippen LogP contribution in [0, 0.1) is 5.41 Å². The van der Waals surface area contributed by atoms with E-state index in [9.17, 15) is 9.90 Å². The third kappa shape index (κ3) is 3.71. The number of carbonyl (C=O) groups excluding carboxylic acids is 1. The SMILES string of the molecule is CC(C)(C)C(=O)/C=C(\O)c1ccc(CO)cc1. The molecule has 0 spiro atoms. The van der Waals surface area contributed by atoms with E-state index in [-0.39, 0.29) is 18.1 Å². The highest BCUT2D eigenvalue weighted by Gasteiger charge is 2.19. The van der Waals surface area contributed by atoms with Crippen molar-refractivity contribution < 1.29 is 15.0 Å².